The van der Waals surface area contributed by atoms with E-state index in [0.29, 0.717) is 10.7 Å². The van der Waals surface area contributed by atoms with E-state index in [-0.39, 0.29) is 6.03 Å². The molecule has 5 aromatic rings. The fraction of sp³-hybridized carbons (Fsp3) is 0.0769. The van der Waals surface area contributed by atoms with Gasteiger partial charge in [-0.1, -0.05) is 41.9 Å². The molecule has 3 aromatic carbocycles. The molecule has 6 heteroatoms. The number of urea groups is 1. The van der Waals surface area contributed by atoms with Gasteiger partial charge in [-0.25, -0.2) is 4.79 Å². The number of hydrogen-bond donors (Lipinski definition) is 2. The van der Waals surface area contributed by atoms with E-state index in [9.17, 15) is 4.79 Å². The number of carbonyl (C=O) groups is 1. The molecule has 0 spiro atoms. The number of fused-ring (bicyclic) bond motifs is 3. The summed E-state index contributed by atoms with van der Waals surface area (Å²) in [4.78, 5) is 17.0. The summed E-state index contributed by atoms with van der Waals surface area (Å²) in [6.45, 7) is 2.78. The van der Waals surface area contributed by atoms with E-state index in [1.807, 2.05) is 37.4 Å². The summed E-state index contributed by atoms with van der Waals surface area (Å²) >= 11 is 5.91. The maximum atomic E-state index is 12.5. The second-order valence-corrected chi connectivity index (χ2v) is 8.12. The third kappa shape index (κ3) is 3.90. The molecule has 5 rings (SSSR count). The Morgan fingerprint density at radius 3 is 2.41 bits per heavy atom. The lowest BCUT2D eigenvalue weighted by Crippen LogP contribution is -2.19. The van der Waals surface area contributed by atoms with Crippen molar-refractivity contribution in [3.8, 4) is 0 Å². The highest BCUT2D eigenvalue weighted by atomic mass is 35.5. The van der Waals surface area contributed by atoms with Crippen molar-refractivity contribution in [1.29, 1.82) is 0 Å². The molecule has 0 unspecified atom stereocenters. The maximum Gasteiger partial charge on any atom is 0.323 e. The Labute approximate surface area is 190 Å². The molecular weight excluding hydrogens is 420 g/mol. The first-order valence-electron chi connectivity index (χ1n) is 10.3. The molecule has 0 bridgehead atoms. The Morgan fingerprint density at radius 1 is 0.906 bits per heavy atom. The number of aryl methyl sites for hydroxylation is 1. The van der Waals surface area contributed by atoms with Crippen LogP contribution in [0, 0.1) is 6.92 Å². The summed E-state index contributed by atoms with van der Waals surface area (Å²) < 4.78 is 2.29. The van der Waals surface area contributed by atoms with Crippen LogP contribution in [0.5, 0.6) is 0 Å². The normalized spacial score (nSPS) is 11.1. The highest BCUT2D eigenvalue weighted by Gasteiger charge is 2.14. The number of anilines is 2. The van der Waals surface area contributed by atoms with Gasteiger partial charge in [-0.15, -0.1) is 0 Å². The van der Waals surface area contributed by atoms with Gasteiger partial charge >= 0.3 is 6.03 Å². The minimum atomic E-state index is -0.308. The molecule has 0 aliphatic rings. The van der Waals surface area contributed by atoms with Gasteiger partial charge in [0, 0.05) is 45.4 Å². The minimum absolute atomic E-state index is 0.308. The minimum Gasteiger partial charge on any atom is -0.334 e. The molecule has 2 amide bonds. The Morgan fingerprint density at radius 2 is 1.62 bits per heavy atom. The second-order valence-electron chi connectivity index (χ2n) is 7.68. The van der Waals surface area contributed by atoms with Gasteiger partial charge in [-0.2, -0.15) is 0 Å². The molecular formula is C26H21ClN4O. The monoisotopic (exact) mass is 440 g/mol. The third-order valence-corrected chi connectivity index (χ3v) is 5.75. The van der Waals surface area contributed by atoms with Crippen molar-refractivity contribution in [2.75, 3.05) is 10.6 Å². The van der Waals surface area contributed by atoms with Crippen LogP contribution in [0.4, 0.5) is 16.2 Å². The van der Waals surface area contributed by atoms with Crippen molar-refractivity contribution in [3.63, 3.8) is 0 Å². The van der Waals surface area contributed by atoms with Crippen molar-refractivity contribution in [2.24, 2.45) is 0 Å². The summed E-state index contributed by atoms with van der Waals surface area (Å²) in [6, 6.07) is 25.1. The van der Waals surface area contributed by atoms with Crippen LogP contribution in [-0.4, -0.2) is 15.6 Å². The van der Waals surface area contributed by atoms with Crippen molar-refractivity contribution in [1.82, 2.24) is 9.55 Å². The van der Waals surface area contributed by atoms with Crippen LogP contribution in [0.3, 0.4) is 0 Å². The lowest BCUT2D eigenvalue weighted by atomic mass is 10.1. The van der Waals surface area contributed by atoms with Crippen LogP contribution in [0.2, 0.25) is 5.02 Å². The van der Waals surface area contributed by atoms with E-state index in [2.05, 4.69) is 50.5 Å². The van der Waals surface area contributed by atoms with Gasteiger partial charge in [-0.05, 0) is 61.0 Å². The van der Waals surface area contributed by atoms with E-state index < -0.39 is 0 Å². The zero-order valence-electron chi connectivity index (χ0n) is 17.5. The van der Waals surface area contributed by atoms with Crippen molar-refractivity contribution >= 4 is 50.8 Å². The zero-order valence-corrected chi connectivity index (χ0v) is 18.2. The van der Waals surface area contributed by atoms with E-state index in [1.54, 1.807) is 24.3 Å². The van der Waals surface area contributed by atoms with Gasteiger partial charge in [0.25, 0.3) is 0 Å². The van der Waals surface area contributed by atoms with Gasteiger partial charge in [0.2, 0.25) is 0 Å². The van der Waals surface area contributed by atoms with Crippen LogP contribution in [-0.2, 0) is 6.54 Å². The SMILES string of the molecule is Cc1nccc2c3cc(NC(=O)Nc4ccc(Cl)cc4)ccc3n(Cc3ccccc3)c12. The first-order chi connectivity index (χ1) is 15.6. The molecule has 0 fully saturated rings. The number of nitrogens with zero attached hydrogens (tertiary/aromatic N) is 2. The van der Waals surface area contributed by atoms with E-state index in [0.717, 1.165) is 39.7 Å². The van der Waals surface area contributed by atoms with Gasteiger partial charge in [-0.3, -0.25) is 4.98 Å². The standard InChI is InChI=1S/C26H21ClN4O/c1-17-25-22(13-14-28-17)23-15-21(30-26(32)29-20-9-7-19(27)8-10-20)11-12-24(23)31(25)16-18-5-3-2-4-6-18/h2-15H,16H2,1H3,(H2,29,30,32). The number of amides is 2. The molecule has 0 aliphatic heterocycles. The van der Waals surface area contributed by atoms with Crippen LogP contribution < -0.4 is 10.6 Å². The smallest absolute Gasteiger partial charge is 0.323 e. The molecule has 5 nitrogen and oxygen atoms in total. The fourth-order valence-electron chi connectivity index (χ4n) is 4.06. The number of pyridine rings is 1. The van der Waals surface area contributed by atoms with Gasteiger partial charge < -0.3 is 15.2 Å². The number of hydrogen-bond acceptors (Lipinski definition) is 2. The number of rotatable bonds is 4. The Bertz CT molecular complexity index is 1430. The molecule has 0 saturated carbocycles. The highest BCUT2D eigenvalue weighted by molar-refractivity contribution is 6.30. The average Bonchev–Trinajstić information content (AvgIpc) is 3.10. The van der Waals surface area contributed by atoms with Crippen molar-refractivity contribution < 1.29 is 4.79 Å². The molecule has 32 heavy (non-hydrogen) atoms. The molecule has 0 aliphatic carbocycles. The summed E-state index contributed by atoms with van der Waals surface area (Å²) in [6.07, 6.45) is 1.83. The average molecular weight is 441 g/mol. The lowest BCUT2D eigenvalue weighted by molar-refractivity contribution is 0.262. The van der Waals surface area contributed by atoms with E-state index in [4.69, 9.17) is 11.6 Å². The Hall–Kier alpha value is -3.83. The number of halogens is 1. The third-order valence-electron chi connectivity index (χ3n) is 5.50. The number of carbonyl (C=O) groups excluding carboxylic acids is 1. The topological polar surface area (TPSA) is 59.0 Å². The van der Waals surface area contributed by atoms with E-state index >= 15 is 0 Å². The molecule has 2 heterocycles. The van der Waals surface area contributed by atoms with Gasteiger partial charge in [0.1, 0.15) is 0 Å². The Kier molecular flexibility index (Phi) is 5.25. The predicted octanol–water partition coefficient (Wildman–Crippen LogP) is 6.84. The highest BCUT2D eigenvalue weighted by Crippen LogP contribution is 2.33. The summed E-state index contributed by atoms with van der Waals surface area (Å²) in [5.74, 6) is 0. The quantitative estimate of drug-likeness (QED) is 0.321. The maximum absolute atomic E-state index is 12.5. The second kappa shape index (κ2) is 8.36. The molecule has 2 N–H and O–H groups in total. The zero-order chi connectivity index (χ0) is 22.1. The molecule has 0 radical (unpaired) electrons. The lowest BCUT2D eigenvalue weighted by Gasteiger charge is -2.10. The summed E-state index contributed by atoms with van der Waals surface area (Å²) in [5, 5.41) is 8.57. The van der Waals surface area contributed by atoms with Crippen LogP contribution in [0.25, 0.3) is 21.8 Å². The van der Waals surface area contributed by atoms with Crippen LogP contribution in [0.15, 0.2) is 85.1 Å². The molecule has 2 aromatic heterocycles. The van der Waals surface area contributed by atoms with Gasteiger partial charge in [0.05, 0.1) is 11.2 Å². The fourth-order valence-corrected chi connectivity index (χ4v) is 4.18. The van der Waals surface area contributed by atoms with E-state index in [1.165, 1.54) is 5.56 Å². The largest absolute Gasteiger partial charge is 0.334 e. The first-order valence-corrected chi connectivity index (χ1v) is 10.7. The molecule has 158 valence electrons. The Balaban J connectivity index is 1.51. The summed E-state index contributed by atoms with van der Waals surface area (Å²) in [7, 11) is 0. The summed E-state index contributed by atoms with van der Waals surface area (Å²) in [5.41, 5.74) is 5.80. The van der Waals surface area contributed by atoms with Crippen LogP contribution >= 0.6 is 11.6 Å². The predicted molar refractivity (Wildman–Crippen MR) is 132 cm³/mol. The van der Waals surface area contributed by atoms with Crippen molar-refractivity contribution in [3.05, 3.63) is 101 Å². The molecule has 0 atom stereocenters. The molecule has 0 saturated heterocycles. The van der Waals surface area contributed by atoms with Crippen molar-refractivity contribution in [2.45, 2.75) is 13.5 Å². The number of benzene rings is 3. The van der Waals surface area contributed by atoms with Gasteiger partial charge in [0.15, 0.2) is 0 Å². The van der Waals surface area contributed by atoms with Crippen LogP contribution in [0.1, 0.15) is 11.3 Å². The first kappa shape index (κ1) is 20.1. The number of nitrogens with one attached hydrogen (secondary N) is 2. The number of aromatic nitrogens is 2.